The summed E-state index contributed by atoms with van der Waals surface area (Å²) in [5, 5.41) is 0.871. The lowest BCUT2D eigenvalue weighted by Crippen LogP contribution is -2.35. The van der Waals surface area contributed by atoms with Crippen molar-refractivity contribution in [2.24, 2.45) is 11.7 Å². The van der Waals surface area contributed by atoms with Crippen LogP contribution in [0.5, 0.6) is 0 Å². The summed E-state index contributed by atoms with van der Waals surface area (Å²) >= 11 is 6.20. The number of hydrogen-bond acceptors (Lipinski definition) is 3. The fourth-order valence-corrected chi connectivity index (χ4v) is 3.04. The van der Waals surface area contributed by atoms with Crippen molar-refractivity contribution in [3.63, 3.8) is 0 Å². The summed E-state index contributed by atoms with van der Waals surface area (Å²) in [5.41, 5.74) is 5.56. The largest absolute Gasteiger partial charge is 0.393 e. The van der Waals surface area contributed by atoms with Gasteiger partial charge < -0.3 is 10.6 Å². The standard InChI is InChI=1S/C14H15FN2OS2/c1-8(13(16)19)7-17(2)14(18)12-5-9-3-4-10(15)6-11(9)20-12/h3-6,8H,7H2,1-2H3,(H2,16,19). The normalized spacial score (nSPS) is 12.3. The Morgan fingerprint density at radius 3 is 2.85 bits per heavy atom. The van der Waals surface area contributed by atoms with Gasteiger partial charge in [0, 0.05) is 24.2 Å². The molecule has 0 radical (unpaired) electrons. The third-order valence-corrected chi connectivity index (χ3v) is 4.56. The fourth-order valence-electron chi connectivity index (χ4n) is 1.88. The summed E-state index contributed by atoms with van der Waals surface area (Å²) < 4.78 is 13.9. The molecule has 106 valence electrons. The van der Waals surface area contributed by atoms with E-state index < -0.39 is 0 Å². The number of thiocarbonyl (C=S) groups is 1. The SMILES string of the molecule is CC(CN(C)C(=O)c1cc2ccc(F)cc2s1)C(N)=S. The molecule has 0 fully saturated rings. The smallest absolute Gasteiger partial charge is 0.263 e. The molecule has 0 bridgehead atoms. The van der Waals surface area contributed by atoms with Crippen LogP contribution in [-0.4, -0.2) is 29.4 Å². The van der Waals surface area contributed by atoms with E-state index in [1.807, 2.05) is 6.92 Å². The summed E-state index contributed by atoms with van der Waals surface area (Å²) in [6, 6.07) is 6.29. The van der Waals surface area contributed by atoms with E-state index >= 15 is 0 Å². The van der Waals surface area contributed by atoms with E-state index in [9.17, 15) is 9.18 Å². The number of carbonyl (C=O) groups is 1. The second-order valence-corrected chi connectivity index (χ2v) is 6.34. The van der Waals surface area contributed by atoms with Crippen LogP contribution in [0.25, 0.3) is 10.1 Å². The Bertz CT molecular complexity index is 668. The number of rotatable bonds is 4. The van der Waals surface area contributed by atoms with Gasteiger partial charge in [-0.05, 0) is 23.6 Å². The molecule has 0 aliphatic rings. The van der Waals surface area contributed by atoms with Gasteiger partial charge in [-0.25, -0.2) is 4.39 Å². The maximum Gasteiger partial charge on any atom is 0.263 e. The van der Waals surface area contributed by atoms with Crippen LogP contribution in [0.4, 0.5) is 4.39 Å². The van der Waals surface area contributed by atoms with Crippen LogP contribution in [-0.2, 0) is 0 Å². The summed E-state index contributed by atoms with van der Waals surface area (Å²) in [5.74, 6) is -0.436. The van der Waals surface area contributed by atoms with E-state index in [1.165, 1.54) is 23.5 Å². The van der Waals surface area contributed by atoms with Crippen LogP contribution in [0.15, 0.2) is 24.3 Å². The average Bonchev–Trinajstić information content (AvgIpc) is 2.80. The van der Waals surface area contributed by atoms with Gasteiger partial charge in [0.05, 0.1) is 9.87 Å². The molecule has 0 spiro atoms. The topological polar surface area (TPSA) is 46.3 Å². The van der Waals surface area contributed by atoms with Crippen molar-refractivity contribution < 1.29 is 9.18 Å². The van der Waals surface area contributed by atoms with Gasteiger partial charge in [0.1, 0.15) is 5.82 Å². The second-order valence-electron chi connectivity index (χ2n) is 4.78. The molecule has 1 atom stereocenters. The number of carbonyl (C=O) groups excluding carboxylic acids is 1. The minimum absolute atomic E-state index is 0.0363. The molecule has 0 saturated heterocycles. The molecule has 20 heavy (non-hydrogen) atoms. The zero-order chi connectivity index (χ0) is 14.9. The van der Waals surface area contributed by atoms with Gasteiger partial charge in [-0.2, -0.15) is 0 Å². The number of hydrogen-bond donors (Lipinski definition) is 1. The van der Waals surface area contributed by atoms with Gasteiger partial charge in [0.2, 0.25) is 0 Å². The lowest BCUT2D eigenvalue weighted by atomic mass is 10.1. The van der Waals surface area contributed by atoms with Crippen molar-refractivity contribution in [1.82, 2.24) is 4.90 Å². The number of amides is 1. The van der Waals surface area contributed by atoms with E-state index in [0.717, 1.165) is 10.1 Å². The first-order valence-corrected chi connectivity index (χ1v) is 7.35. The van der Waals surface area contributed by atoms with E-state index in [2.05, 4.69) is 0 Å². The van der Waals surface area contributed by atoms with Gasteiger partial charge in [-0.1, -0.05) is 25.2 Å². The van der Waals surface area contributed by atoms with Crippen molar-refractivity contribution in [3.05, 3.63) is 35.0 Å². The first kappa shape index (κ1) is 14.9. The zero-order valence-corrected chi connectivity index (χ0v) is 12.9. The summed E-state index contributed by atoms with van der Waals surface area (Å²) in [6.07, 6.45) is 0. The van der Waals surface area contributed by atoms with Crippen molar-refractivity contribution in [2.45, 2.75) is 6.92 Å². The maximum atomic E-state index is 13.1. The fraction of sp³-hybridized carbons (Fsp3) is 0.286. The predicted octanol–water partition coefficient (Wildman–Crippen LogP) is 3.03. The van der Waals surface area contributed by atoms with Gasteiger partial charge in [-0.3, -0.25) is 4.79 Å². The molecule has 2 aromatic rings. The Labute approximate surface area is 126 Å². The molecule has 6 heteroatoms. The number of nitrogens with zero attached hydrogens (tertiary/aromatic N) is 1. The highest BCUT2D eigenvalue weighted by atomic mass is 32.1. The van der Waals surface area contributed by atoms with Gasteiger partial charge in [0.25, 0.3) is 5.91 Å². The minimum atomic E-state index is -0.297. The van der Waals surface area contributed by atoms with Gasteiger partial charge >= 0.3 is 0 Å². The Morgan fingerprint density at radius 1 is 1.50 bits per heavy atom. The van der Waals surface area contributed by atoms with Crippen LogP contribution in [0.1, 0.15) is 16.6 Å². The van der Waals surface area contributed by atoms with Crippen LogP contribution in [0, 0.1) is 11.7 Å². The monoisotopic (exact) mass is 310 g/mol. The molecule has 1 aromatic carbocycles. The van der Waals surface area contributed by atoms with Crippen molar-refractivity contribution in [2.75, 3.05) is 13.6 Å². The lowest BCUT2D eigenvalue weighted by Gasteiger charge is -2.20. The molecule has 3 nitrogen and oxygen atoms in total. The number of benzene rings is 1. The lowest BCUT2D eigenvalue weighted by molar-refractivity contribution is 0.0792. The van der Waals surface area contributed by atoms with Crippen LogP contribution >= 0.6 is 23.6 Å². The van der Waals surface area contributed by atoms with Crippen LogP contribution in [0.3, 0.4) is 0 Å². The third-order valence-electron chi connectivity index (χ3n) is 3.07. The van der Waals surface area contributed by atoms with Gasteiger partial charge in [0.15, 0.2) is 0 Å². The molecule has 1 heterocycles. The third kappa shape index (κ3) is 3.13. The molecule has 1 amide bonds. The summed E-state index contributed by atoms with van der Waals surface area (Å²) in [6.45, 7) is 2.35. The van der Waals surface area contributed by atoms with Gasteiger partial charge in [-0.15, -0.1) is 11.3 Å². The van der Waals surface area contributed by atoms with Crippen molar-refractivity contribution in [1.29, 1.82) is 0 Å². The van der Waals surface area contributed by atoms with E-state index in [4.69, 9.17) is 18.0 Å². The molecule has 1 unspecified atom stereocenters. The Balaban J connectivity index is 2.20. The molecule has 2 rings (SSSR count). The average molecular weight is 310 g/mol. The zero-order valence-electron chi connectivity index (χ0n) is 11.2. The molecular weight excluding hydrogens is 295 g/mol. The first-order valence-electron chi connectivity index (χ1n) is 6.12. The van der Waals surface area contributed by atoms with Crippen molar-refractivity contribution in [3.8, 4) is 0 Å². The Kier molecular flexibility index (Phi) is 4.35. The second kappa shape index (κ2) is 5.85. The number of halogens is 1. The molecule has 0 saturated carbocycles. The van der Waals surface area contributed by atoms with E-state index in [1.54, 1.807) is 24.1 Å². The molecule has 0 aliphatic carbocycles. The van der Waals surface area contributed by atoms with Crippen LogP contribution in [0.2, 0.25) is 0 Å². The Morgan fingerprint density at radius 2 is 2.20 bits per heavy atom. The highest BCUT2D eigenvalue weighted by molar-refractivity contribution is 7.80. The van der Waals surface area contributed by atoms with Crippen LogP contribution < -0.4 is 5.73 Å². The molecule has 2 N–H and O–H groups in total. The van der Waals surface area contributed by atoms with E-state index in [-0.39, 0.29) is 17.6 Å². The minimum Gasteiger partial charge on any atom is -0.393 e. The Hall–Kier alpha value is -1.53. The molecule has 1 aromatic heterocycles. The highest BCUT2D eigenvalue weighted by Gasteiger charge is 2.18. The first-order chi connectivity index (χ1) is 9.38. The van der Waals surface area contributed by atoms with Crippen molar-refractivity contribution >= 4 is 44.5 Å². The highest BCUT2D eigenvalue weighted by Crippen LogP contribution is 2.27. The quantitative estimate of drug-likeness (QED) is 0.883. The number of fused-ring (bicyclic) bond motifs is 1. The van der Waals surface area contributed by atoms with E-state index in [0.29, 0.717) is 16.4 Å². The molecular formula is C14H15FN2OS2. The summed E-state index contributed by atoms with van der Waals surface area (Å²) in [7, 11) is 1.71. The molecule has 0 aliphatic heterocycles. The number of nitrogens with two attached hydrogens (primary N) is 1. The predicted molar refractivity (Wildman–Crippen MR) is 84.7 cm³/mol. The number of thiophene rings is 1. The maximum absolute atomic E-state index is 13.1. The summed E-state index contributed by atoms with van der Waals surface area (Å²) in [4.78, 5) is 14.9.